The molecule has 0 saturated carbocycles. The van der Waals surface area contributed by atoms with Crippen LogP contribution in [0.3, 0.4) is 0 Å². The molecule has 2 rings (SSSR count). The Balaban J connectivity index is 1.83. The molecular weight excluding hydrogens is 210 g/mol. The number of anilines is 1. The van der Waals surface area contributed by atoms with Crippen molar-refractivity contribution in [2.24, 2.45) is 0 Å². The molecule has 1 amide bonds. The second-order valence-electron chi connectivity index (χ2n) is 3.41. The van der Waals surface area contributed by atoms with Crippen LogP contribution in [0, 0.1) is 0 Å². The first-order valence-corrected chi connectivity index (χ1v) is 4.97. The summed E-state index contributed by atoms with van der Waals surface area (Å²) in [5, 5.41) is 2.60. The number of carbonyl (C=O) groups is 1. The van der Waals surface area contributed by atoms with Crippen molar-refractivity contribution in [2.75, 3.05) is 25.6 Å². The molecule has 0 aliphatic carbocycles. The second-order valence-corrected chi connectivity index (χ2v) is 3.41. The van der Waals surface area contributed by atoms with Crippen molar-refractivity contribution >= 4 is 11.8 Å². The van der Waals surface area contributed by atoms with Gasteiger partial charge in [-0.2, -0.15) is 0 Å². The molecular formula is C11H13NO4. The van der Waals surface area contributed by atoms with Crippen LogP contribution in [0.25, 0.3) is 0 Å². The largest absolute Gasteiger partial charge is 0.497 e. The highest BCUT2D eigenvalue weighted by Crippen LogP contribution is 2.17. The molecule has 1 saturated heterocycles. The number of rotatable bonds is 4. The minimum absolute atomic E-state index is 0.0797. The molecule has 5 heteroatoms. The minimum atomic E-state index is -0.483. The van der Waals surface area contributed by atoms with Crippen LogP contribution in [0.2, 0.25) is 0 Å². The van der Waals surface area contributed by atoms with E-state index in [1.54, 1.807) is 31.4 Å². The van der Waals surface area contributed by atoms with Gasteiger partial charge in [-0.25, -0.2) is 4.79 Å². The standard InChI is InChI=1S/C11H13NO4/c1-14-9-4-2-3-8(5-9)12-11(13)16-7-10-6-15-10/h2-5,10H,6-7H2,1H3,(H,12,13). The lowest BCUT2D eigenvalue weighted by Crippen LogP contribution is -2.16. The van der Waals surface area contributed by atoms with E-state index in [-0.39, 0.29) is 6.10 Å². The van der Waals surface area contributed by atoms with Crippen LogP contribution in [-0.2, 0) is 9.47 Å². The van der Waals surface area contributed by atoms with Crippen molar-refractivity contribution in [1.29, 1.82) is 0 Å². The quantitative estimate of drug-likeness (QED) is 0.788. The molecule has 1 heterocycles. The monoisotopic (exact) mass is 223 g/mol. The first-order chi connectivity index (χ1) is 7.78. The summed E-state index contributed by atoms with van der Waals surface area (Å²) in [6.07, 6.45) is -0.403. The van der Waals surface area contributed by atoms with Crippen molar-refractivity contribution in [3.63, 3.8) is 0 Å². The number of ether oxygens (including phenoxy) is 3. The van der Waals surface area contributed by atoms with Crippen LogP contribution in [0.15, 0.2) is 24.3 Å². The van der Waals surface area contributed by atoms with Crippen LogP contribution in [-0.4, -0.2) is 32.5 Å². The van der Waals surface area contributed by atoms with Gasteiger partial charge in [-0.15, -0.1) is 0 Å². The molecule has 1 aliphatic rings. The zero-order valence-corrected chi connectivity index (χ0v) is 8.93. The van der Waals surface area contributed by atoms with E-state index in [4.69, 9.17) is 14.2 Å². The van der Waals surface area contributed by atoms with Gasteiger partial charge in [-0.1, -0.05) is 6.07 Å². The molecule has 1 aliphatic heterocycles. The van der Waals surface area contributed by atoms with Crippen molar-refractivity contribution < 1.29 is 19.0 Å². The predicted molar refractivity (Wildman–Crippen MR) is 57.7 cm³/mol. The highest BCUT2D eigenvalue weighted by atomic mass is 16.6. The summed E-state index contributed by atoms with van der Waals surface area (Å²) in [5.41, 5.74) is 0.640. The Morgan fingerprint density at radius 3 is 3.12 bits per heavy atom. The number of carbonyl (C=O) groups excluding carboxylic acids is 1. The summed E-state index contributed by atoms with van der Waals surface area (Å²) >= 11 is 0. The Bertz CT molecular complexity index is 376. The molecule has 1 N–H and O–H groups in total. The Morgan fingerprint density at radius 1 is 1.62 bits per heavy atom. The summed E-state index contributed by atoms with van der Waals surface area (Å²) in [6, 6.07) is 7.07. The average Bonchev–Trinajstić information content (AvgIpc) is 3.10. The number of nitrogens with one attached hydrogen (secondary N) is 1. The summed E-state index contributed by atoms with van der Waals surface area (Å²) in [6.45, 7) is 0.974. The number of hydrogen-bond donors (Lipinski definition) is 1. The van der Waals surface area contributed by atoms with E-state index in [0.717, 1.165) is 0 Å². The Morgan fingerprint density at radius 2 is 2.44 bits per heavy atom. The van der Waals surface area contributed by atoms with E-state index in [2.05, 4.69) is 5.32 Å². The lowest BCUT2D eigenvalue weighted by molar-refractivity contribution is 0.150. The van der Waals surface area contributed by atoms with Gasteiger partial charge in [0.15, 0.2) is 0 Å². The fraction of sp³-hybridized carbons (Fsp3) is 0.364. The number of hydrogen-bond acceptors (Lipinski definition) is 4. The zero-order chi connectivity index (χ0) is 11.4. The van der Waals surface area contributed by atoms with Crippen molar-refractivity contribution in [3.05, 3.63) is 24.3 Å². The Kier molecular flexibility index (Phi) is 3.26. The second kappa shape index (κ2) is 4.85. The normalized spacial score (nSPS) is 17.7. The van der Waals surface area contributed by atoms with E-state index in [0.29, 0.717) is 24.7 Å². The van der Waals surface area contributed by atoms with E-state index in [9.17, 15) is 4.79 Å². The minimum Gasteiger partial charge on any atom is -0.497 e. The third kappa shape index (κ3) is 3.13. The summed E-state index contributed by atoms with van der Waals surface area (Å²) in [7, 11) is 1.57. The van der Waals surface area contributed by atoms with Gasteiger partial charge in [0.2, 0.25) is 0 Å². The molecule has 86 valence electrons. The van der Waals surface area contributed by atoms with Crippen LogP contribution >= 0.6 is 0 Å². The number of benzene rings is 1. The van der Waals surface area contributed by atoms with Crippen LogP contribution in [0.4, 0.5) is 10.5 Å². The van der Waals surface area contributed by atoms with Crippen molar-refractivity contribution in [2.45, 2.75) is 6.10 Å². The van der Waals surface area contributed by atoms with Gasteiger partial charge in [0.1, 0.15) is 18.5 Å². The van der Waals surface area contributed by atoms with Gasteiger partial charge in [0.25, 0.3) is 0 Å². The zero-order valence-electron chi connectivity index (χ0n) is 8.93. The van der Waals surface area contributed by atoms with Crippen LogP contribution in [0.1, 0.15) is 0 Å². The van der Waals surface area contributed by atoms with E-state index >= 15 is 0 Å². The topological polar surface area (TPSA) is 60.1 Å². The number of methoxy groups -OCH3 is 1. The predicted octanol–water partition coefficient (Wildman–Crippen LogP) is 1.64. The maximum atomic E-state index is 11.3. The summed E-state index contributed by atoms with van der Waals surface area (Å²) in [5.74, 6) is 0.684. The SMILES string of the molecule is COc1cccc(NC(=O)OCC2CO2)c1. The molecule has 0 aromatic heterocycles. The van der Waals surface area contributed by atoms with Gasteiger partial charge >= 0.3 is 6.09 Å². The van der Waals surface area contributed by atoms with Gasteiger partial charge in [-0.3, -0.25) is 5.32 Å². The van der Waals surface area contributed by atoms with E-state index in [1.165, 1.54) is 0 Å². The average molecular weight is 223 g/mol. The highest BCUT2D eigenvalue weighted by Gasteiger charge is 2.24. The molecule has 1 fully saturated rings. The molecule has 1 unspecified atom stereocenters. The van der Waals surface area contributed by atoms with Crippen LogP contribution in [0.5, 0.6) is 5.75 Å². The maximum Gasteiger partial charge on any atom is 0.411 e. The molecule has 1 aromatic carbocycles. The van der Waals surface area contributed by atoms with E-state index in [1.807, 2.05) is 0 Å². The van der Waals surface area contributed by atoms with Crippen molar-refractivity contribution in [1.82, 2.24) is 0 Å². The smallest absolute Gasteiger partial charge is 0.411 e. The molecule has 0 radical (unpaired) electrons. The van der Waals surface area contributed by atoms with Gasteiger partial charge < -0.3 is 14.2 Å². The van der Waals surface area contributed by atoms with Gasteiger partial charge in [0, 0.05) is 11.8 Å². The van der Waals surface area contributed by atoms with Crippen molar-refractivity contribution in [3.8, 4) is 5.75 Å². The lowest BCUT2D eigenvalue weighted by atomic mass is 10.3. The first kappa shape index (κ1) is 10.8. The van der Waals surface area contributed by atoms with Gasteiger partial charge in [0.05, 0.1) is 13.7 Å². The fourth-order valence-corrected chi connectivity index (χ4v) is 1.19. The first-order valence-electron chi connectivity index (χ1n) is 4.97. The molecule has 0 spiro atoms. The summed E-state index contributed by atoms with van der Waals surface area (Å²) < 4.78 is 14.9. The number of epoxide rings is 1. The van der Waals surface area contributed by atoms with Gasteiger partial charge in [-0.05, 0) is 12.1 Å². The third-order valence-corrected chi connectivity index (χ3v) is 2.12. The molecule has 5 nitrogen and oxygen atoms in total. The Hall–Kier alpha value is -1.75. The Labute approximate surface area is 93.3 Å². The third-order valence-electron chi connectivity index (χ3n) is 2.12. The maximum absolute atomic E-state index is 11.3. The molecule has 16 heavy (non-hydrogen) atoms. The highest BCUT2D eigenvalue weighted by molar-refractivity contribution is 5.84. The number of amides is 1. The fourth-order valence-electron chi connectivity index (χ4n) is 1.19. The van der Waals surface area contributed by atoms with E-state index < -0.39 is 6.09 Å². The lowest BCUT2D eigenvalue weighted by Gasteiger charge is -2.06. The molecule has 1 aromatic rings. The molecule has 1 atom stereocenters. The molecule has 0 bridgehead atoms. The van der Waals surface area contributed by atoms with Crippen LogP contribution < -0.4 is 10.1 Å². The summed E-state index contributed by atoms with van der Waals surface area (Å²) in [4.78, 5) is 11.3.